The number of aryl methyl sites for hydroxylation is 1. The summed E-state index contributed by atoms with van der Waals surface area (Å²) in [6.07, 6.45) is 9.33. The van der Waals surface area contributed by atoms with Gasteiger partial charge in [-0.3, -0.25) is 43.9 Å². The van der Waals surface area contributed by atoms with Gasteiger partial charge in [0.25, 0.3) is 23.3 Å². The maximum atomic E-state index is 14.0. The number of aliphatic hydroxyl groups is 1. The van der Waals surface area contributed by atoms with Crippen LogP contribution in [0.15, 0.2) is 71.9 Å². The van der Waals surface area contributed by atoms with Gasteiger partial charge in [0.15, 0.2) is 0 Å². The highest BCUT2D eigenvalue weighted by molar-refractivity contribution is 6.23. The molecule has 3 atom stereocenters. The Morgan fingerprint density at radius 2 is 1.63 bits per heavy atom. The van der Waals surface area contributed by atoms with Crippen LogP contribution in [-0.2, 0) is 42.6 Å². The molecule has 5 aliphatic heterocycles. The van der Waals surface area contributed by atoms with Gasteiger partial charge in [-0.15, -0.1) is 0 Å². The molecule has 0 radical (unpaired) electrons. The van der Waals surface area contributed by atoms with Crippen molar-refractivity contribution in [2.45, 2.75) is 91.5 Å². The molecule has 6 aliphatic rings. The highest BCUT2D eigenvalue weighted by Crippen LogP contribution is 2.43. The third-order valence-electron chi connectivity index (χ3n) is 15.7. The molecule has 362 valence electrons. The number of piperidine rings is 2. The van der Waals surface area contributed by atoms with Crippen LogP contribution in [-0.4, -0.2) is 96.9 Å². The summed E-state index contributed by atoms with van der Waals surface area (Å²) in [5.74, 6) is 0.112. The van der Waals surface area contributed by atoms with Gasteiger partial charge in [0.05, 0.1) is 29.6 Å². The number of carbonyl (C=O) groups is 5. The summed E-state index contributed by atoms with van der Waals surface area (Å²) < 4.78 is 3.66. The average molecular weight is 947 g/mol. The summed E-state index contributed by atoms with van der Waals surface area (Å²) in [4.78, 5) is 95.4. The van der Waals surface area contributed by atoms with Crippen molar-refractivity contribution in [2.75, 3.05) is 46.2 Å². The second kappa shape index (κ2) is 17.1. The van der Waals surface area contributed by atoms with E-state index in [9.17, 15) is 33.9 Å². The number of hydrogen-bond acceptors (Lipinski definition) is 12. The van der Waals surface area contributed by atoms with Crippen molar-refractivity contribution < 1.29 is 29.1 Å². The fourth-order valence-corrected chi connectivity index (χ4v) is 12.1. The van der Waals surface area contributed by atoms with Crippen molar-refractivity contribution in [2.24, 2.45) is 30.2 Å². The lowest BCUT2D eigenvalue weighted by molar-refractivity contribution is -0.136. The van der Waals surface area contributed by atoms with Crippen LogP contribution in [0.1, 0.15) is 101 Å². The van der Waals surface area contributed by atoms with E-state index in [0.717, 1.165) is 61.6 Å². The first-order chi connectivity index (χ1) is 33.6. The molecule has 3 N–H and O–H groups in total. The molecule has 17 heteroatoms. The zero-order valence-corrected chi connectivity index (χ0v) is 40.2. The molecular weight excluding hydrogens is 889 g/mol. The van der Waals surface area contributed by atoms with E-state index in [0.29, 0.717) is 76.1 Å². The lowest BCUT2D eigenvalue weighted by Gasteiger charge is -2.50. The first-order valence-electron chi connectivity index (χ1n) is 24.5. The molecule has 5 aromatic rings. The number of anilines is 5. The third kappa shape index (κ3) is 7.65. The van der Waals surface area contributed by atoms with Crippen molar-refractivity contribution in [1.82, 2.24) is 29.3 Å². The summed E-state index contributed by atoms with van der Waals surface area (Å²) in [5.41, 5.74) is 7.68. The number of pyridine rings is 3. The highest BCUT2D eigenvalue weighted by atomic mass is 16.3. The topological polar surface area (TPSA) is 195 Å². The van der Waals surface area contributed by atoms with E-state index in [4.69, 9.17) is 4.98 Å². The van der Waals surface area contributed by atoms with E-state index in [1.54, 1.807) is 48.6 Å². The molecule has 9 heterocycles. The van der Waals surface area contributed by atoms with Crippen LogP contribution in [0.4, 0.5) is 28.7 Å². The standard InChI is InChI=1S/C53H58N10O7/c1-29(2)42-19-30(33-26-59(27-33)34-6-8-37-38(21-34)50(68)63(49(37)67)41-9-11-46(65)57-48(41)66)13-15-60(42)35-7-10-45(55-24-35)56-40-18-32(25-58(5)51(40)69)36-12-14-54-47(39(36)28-64)62-17-16-61-43(52(62)70)20-31-22-53(3,4)23-44(31)61/h6-8,10,12,14,18,20-21,24-25,29-30,33,41-42,64H,9,11,13,15-17,19,22-23,26-28H2,1-5H3,(H,55,56)(H,57,65,66)/t30?,41?,42-/m1/s1. The number of fused-ring (bicyclic) bond motifs is 4. The number of aromatic nitrogens is 4. The minimum absolute atomic E-state index is 0.0771. The molecule has 1 aliphatic carbocycles. The predicted molar refractivity (Wildman–Crippen MR) is 263 cm³/mol. The first kappa shape index (κ1) is 45.3. The Labute approximate surface area is 405 Å². The first-order valence-corrected chi connectivity index (χ1v) is 24.5. The van der Waals surface area contributed by atoms with Gasteiger partial charge in [-0.1, -0.05) is 27.7 Å². The Balaban J connectivity index is 0.746. The number of imide groups is 2. The van der Waals surface area contributed by atoms with Crippen molar-refractivity contribution >= 4 is 58.2 Å². The van der Waals surface area contributed by atoms with Crippen LogP contribution >= 0.6 is 0 Å². The van der Waals surface area contributed by atoms with E-state index in [1.807, 2.05) is 30.5 Å². The summed E-state index contributed by atoms with van der Waals surface area (Å²) in [6.45, 7) is 12.3. The number of rotatable bonds is 10. The smallest absolute Gasteiger partial charge is 0.276 e. The average Bonchev–Trinajstić information content (AvgIpc) is 3.91. The number of hydrogen-bond donors (Lipinski definition) is 3. The van der Waals surface area contributed by atoms with Crippen molar-refractivity contribution in [1.29, 1.82) is 0 Å². The van der Waals surface area contributed by atoms with Gasteiger partial charge >= 0.3 is 0 Å². The number of nitrogens with one attached hydrogen (secondary N) is 2. The summed E-state index contributed by atoms with van der Waals surface area (Å²) in [7, 11) is 1.69. The Morgan fingerprint density at radius 1 is 0.843 bits per heavy atom. The number of nitrogens with zero attached hydrogens (tertiary/aromatic N) is 8. The van der Waals surface area contributed by atoms with Crippen LogP contribution in [0.5, 0.6) is 0 Å². The molecule has 0 spiro atoms. The van der Waals surface area contributed by atoms with Gasteiger partial charge in [-0.25, -0.2) is 9.97 Å². The molecule has 11 rings (SSSR count). The number of benzene rings is 1. The molecule has 4 aromatic heterocycles. The fourth-order valence-electron chi connectivity index (χ4n) is 12.1. The number of amides is 5. The molecule has 0 bridgehead atoms. The Hall–Kier alpha value is -7.14. The molecule has 2 unspecified atom stereocenters. The van der Waals surface area contributed by atoms with Crippen LogP contribution in [0, 0.1) is 23.2 Å². The monoisotopic (exact) mass is 946 g/mol. The van der Waals surface area contributed by atoms with Crippen LogP contribution in [0.3, 0.4) is 0 Å². The van der Waals surface area contributed by atoms with Crippen molar-refractivity contribution in [3.63, 3.8) is 0 Å². The van der Waals surface area contributed by atoms with Crippen LogP contribution in [0.25, 0.3) is 11.1 Å². The van der Waals surface area contributed by atoms with Crippen LogP contribution in [0.2, 0.25) is 0 Å². The van der Waals surface area contributed by atoms with Crippen LogP contribution < -0.4 is 30.9 Å². The van der Waals surface area contributed by atoms with Crippen molar-refractivity contribution in [3.05, 3.63) is 111 Å². The number of carbonyl (C=O) groups excluding carboxylic acids is 5. The van der Waals surface area contributed by atoms with Gasteiger partial charge < -0.3 is 29.4 Å². The highest BCUT2D eigenvalue weighted by Gasteiger charge is 2.46. The molecule has 1 aromatic carbocycles. The second-order valence-electron chi connectivity index (χ2n) is 21.2. The molecule has 70 heavy (non-hydrogen) atoms. The molecular formula is C53H58N10O7. The van der Waals surface area contributed by atoms with E-state index >= 15 is 0 Å². The normalized spacial score (nSPS) is 22.1. The van der Waals surface area contributed by atoms with Gasteiger partial charge in [0, 0.05) is 87.1 Å². The van der Waals surface area contributed by atoms with E-state index in [2.05, 4.69) is 57.7 Å². The SMILES string of the molecule is CC(C)[C@H]1CC(C2CN(c3ccc4c(c3)C(=O)N(C3CCC(=O)NC3=O)C4=O)C2)CCN1c1ccc(Nc2cc(-c3ccnc(N4CCn5c(cc6c5CC(C)(C)C6)C4=O)c3CO)cn(C)c2=O)nc1. The Morgan fingerprint density at radius 3 is 2.37 bits per heavy atom. The van der Waals surface area contributed by atoms with Gasteiger partial charge in [0.2, 0.25) is 11.8 Å². The Kier molecular flexibility index (Phi) is 11.0. The third-order valence-corrected chi connectivity index (χ3v) is 15.7. The molecule has 5 amide bonds. The molecule has 3 fully saturated rings. The largest absolute Gasteiger partial charge is 0.392 e. The predicted octanol–water partition coefficient (Wildman–Crippen LogP) is 5.44. The minimum atomic E-state index is -0.994. The fraction of sp³-hybridized carbons (Fsp3) is 0.434. The summed E-state index contributed by atoms with van der Waals surface area (Å²) in [6, 6.07) is 14.1. The van der Waals surface area contributed by atoms with Gasteiger partial charge in [-0.2, -0.15) is 0 Å². The molecule has 3 saturated heterocycles. The minimum Gasteiger partial charge on any atom is -0.392 e. The van der Waals surface area contributed by atoms with E-state index < -0.39 is 29.7 Å². The summed E-state index contributed by atoms with van der Waals surface area (Å²) >= 11 is 0. The maximum absolute atomic E-state index is 14.0. The zero-order chi connectivity index (χ0) is 48.9. The van der Waals surface area contributed by atoms with E-state index in [1.165, 1.54) is 15.8 Å². The second-order valence-corrected chi connectivity index (χ2v) is 21.2. The lowest BCUT2D eigenvalue weighted by Crippen LogP contribution is -2.55. The zero-order valence-electron chi connectivity index (χ0n) is 40.2. The van der Waals surface area contributed by atoms with Crippen molar-refractivity contribution in [3.8, 4) is 11.1 Å². The van der Waals surface area contributed by atoms with Gasteiger partial charge in [-0.05, 0) is 115 Å². The molecule has 0 saturated carbocycles. The van der Waals surface area contributed by atoms with Gasteiger partial charge in [0.1, 0.15) is 29.1 Å². The lowest BCUT2D eigenvalue weighted by atomic mass is 9.75. The van der Waals surface area contributed by atoms with E-state index in [-0.39, 0.29) is 47.9 Å². The Bertz CT molecular complexity index is 3080. The quantitative estimate of drug-likeness (QED) is 0.150. The molecule has 17 nitrogen and oxygen atoms in total. The summed E-state index contributed by atoms with van der Waals surface area (Å²) in [5, 5.41) is 16.3. The number of aliphatic hydroxyl groups excluding tert-OH is 1. The maximum Gasteiger partial charge on any atom is 0.276 e.